The van der Waals surface area contributed by atoms with Gasteiger partial charge >= 0.3 is 0 Å². The van der Waals surface area contributed by atoms with E-state index in [1.807, 2.05) is 23.3 Å². The summed E-state index contributed by atoms with van der Waals surface area (Å²) >= 11 is 0. The Labute approximate surface area is 107 Å². The summed E-state index contributed by atoms with van der Waals surface area (Å²) < 4.78 is 1.91. The Bertz CT molecular complexity index is 528. The second-order valence-corrected chi connectivity index (χ2v) is 4.82. The Morgan fingerprint density at radius 3 is 3.06 bits per heavy atom. The highest BCUT2D eigenvalue weighted by molar-refractivity contribution is 5.48. The van der Waals surface area contributed by atoms with Gasteiger partial charge < -0.3 is 5.32 Å². The van der Waals surface area contributed by atoms with Gasteiger partial charge in [-0.3, -0.25) is 4.98 Å². The second kappa shape index (κ2) is 4.80. The molecule has 1 saturated carbocycles. The summed E-state index contributed by atoms with van der Waals surface area (Å²) in [7, 11) is 0. The molecule has 1 aliphatic carbocycles. The average Bonchev–Trinajstić information content (AvgIpc) is 3.14. The number of rotatable bonds is 5. The first-order chi connectivity index (χ1) is 8.86. The van der Waals surface area contributed by atoms with E-state index in [2.05, 4.69) is 34.5 Å². The van der Waals surface area contributed by atoms with Gasteiger partial charge in [0.25, 0.3) is 0 Å². The Hall–Kier alpha value is -1.84. The normalized spacial score (nSPS) is 14.7. The predicted octanol–water partition coefficient (Wildman–Crippen LogP) is 2.97. The molecule has 0 unspecified atom stereocenters. The second-order valence-electron chi connectivity index (χ2n) is 4.82. The molecule has 0 amide bonds. The lowest BCUT2D eigenvalue weighted by Crippen LogP contribution is -2.02. The van der Waals surface area contributed by atoms with Crippen molar-refractivity contribution in [3.05, 3.63) is 36.4 Å². The van der Waals surface area contributed by atoms with Crippen molar-refractivity contribution in [2.24, 2.45) is 0 Å². The highest BCUT2D eigenvalue weighted by Gasteiger charge is 2.25. The molecule has 0 saturated heterocycles. The van der Waals surface area contributed by atoms with Crippen molar-refractivity contribution >= 4 is 5.69 Å². The van der Waals surface area contributed by atoms with Gasteiger partial charge in [-0.25, -0.2) is 4.68 Å². The molecule has 2 aromatic rings. The zero-order chi connectivity index (χ0) is 12.4. The molecule has 1 fully saturated rings. The van der Waals surface area contributed by atoms with Gasteiger partial charge in [0.05, 0.1) is 29.5 Å². The minimum atomic E-state index is 0.695. The van der Waals surface area contributed by atoms with Gasteiger partial charge in [0.2, 0.25) is 0 Å². The van der Waals surface area contributed by atoms with Crippen molar-refractivity contribution < 1.29 is 0 Å². The Balaban J connectivity index is 1.81. The largest absolute Gasteiger partial charge is 0.384 e. The summed E-state index contributed by atoms with van der Waals surface area (Å²) in [6.45, 7) is 3.12. The SMILES string of the molecule is CCCNc1cncc(-n2ccc(C3CC3)n2)c1. The van der Waals surface area contributed by atoms with Crippen LogP contribution in [0.3, 0.4) is 0 Å². The van der Waals surface area contributed by atoms with Gasteiger partial charge in [-0.2, -0.15) is 5.10 Å². The zero-order valence-electron chi connectivity index (χ0n) is 10.6. The molecule has 2 aromatic heterocycles. The van der Waals surface area contributed by atoms with E-state index in [9.17, 15) is 0 Å². The fourth-order valence-corrected chi connectivity index (χ4v) is 2.00. The number of nitrogens with one attached hydrogen (secondary N) is 1. The van der Waals surface area contributed by atoms with Crippen LogP contribution in [0.5, 0.6) is 0 Å². The average molecular weight is 242 g/mol. The van der Waals surface area contributed by atoms with Crippen molar-refractivity contribution in [1.29, 1.82) is 0 Å². The highest BCUT2D eigenvalue weighted by atomic mass is 15.3. The molecule has 0 spiro atoms. The third-order valence-electron chi connectivity index (χ3n) is 3.17. The third-order valence-corrected chi connectivity index (χ3v) is 3.17. The summed E-state index contributed by atoms with van der Waals surface area (Å²) in [4.78, 5) is 4.26. The van der Waals surface area contributed by atoms with Crippen LogP contribution >= 0.6 is 0 Å². The lowest BCUT2D eigenvalue weighted by molar-refractivity contribution is 0.832. The van der Waals surface area contributed by atoms with Crippen molar-refractivity contribution in [2.75, 3.05) is 11.9 Å². The number of hydrogen-bond donors (Lipinski definition) is 1. The minimum Gasteiger partial charge on any atom is -0.384 e. The molecule has 4 heteroatoms. The molecule has 18 heavy (non-hydrogen) atoms. The van der Waals surface area contributed by atoms with Crippen LogP contribution < -0.4 is 5.32 Å². The highest BCUT2D eigenvalue weighted by Crippen LogP contribution is 2.39. The summed E-state index contributed by atoms with van der Waals surface area (Å²) in [5.41, 5.74) is 3.28. The lowest BCUT2D eigenvalue weighted by atomic mass is 10.3. The zero-order valence-corrected chi connectivity index (χ0v) is 10.6. The predicted molar refractivity (Wildman–Crippen MR) is 72.1 cm³/mol. The molecule has 0 aromatic carbocycles. The van der Waals surface area contributed by atoms with Crippen LogP contribution in [-0.2, 0) is 0 Å². The molecule has 2 heterocycles. The minimum absolute atomic E-state index is 0.695. The molecular formula is C14H18N4. The number of hydrogen-bond acceptors (Lipinski definition) is 3. The molecule has 0 radical (unpaired) electrons. The molecular weight excluding hydrogens is 224 g/mol. The smallest absolute Gasteiger partial charge is 0.0849 e. The van der Waals surface area contributed by atoms with Crippen molar-refractivity contribution in [3.63, 3.8) is 0 Å². The molecule has 1 N–H and O–H groups in total. The monoisotopic (exact) mass is 242 g/mol. The first-order valence-corrected chi connectivity index (χ1v) is 6.61. The van der Waals surface area contributed by atoms with Gasteiger partial charge in [-0.15, -0.1) is 0 Å². The summed E-state index contributed by atoms with van der Waals surface area (Å²) in [6.07, 6.45) is 9.40. The number of anilines is 1. The molecule has 0 bridgehead atoms. The molecule has 0 aliphatic heterocycles. The maximum atomic E-state index is 4.61. The van der Waals surface area contributed by atoms with Crippen LogP contribution in [0.15, 0.2) is 30.7 Å². The van der Waals surface area contributed by atoms with E-state index in [1.165, 1.54) is 18.5 Å². The van der Waals surface area contributed by atoms with E-state index >= 15 is 0 Å². The summed E-state index contributed by atoms with van der Waals surface area (Å²) in [5, 5.41) is 7.96. The van der Waals surface area contributed by atoms with E-state index in [4.69, 9.17) is 0 Å². The fourth-order valence-electron chi connectivity index (χ4n) is 2.00. The lowest BCUT2D eigenvalue weighted by Gasteiger charge is -2.06. The fraction of sp³-hybridized carbons (Fsp3) is 0.429. The first kappa shape index (κ1) is 11.3. The van der Waals surface area contributed by atoms with Crippen LogP contribution in [0, 0.1) is 0 Å². The molecule has 0 atom stereocenters. The molecule has 94 valence electrons. The van der Waals surface area contributed by atoms with Crippen LogP contribution in [-0.4, -0.2) is 21.3 Å². The van der Waals surface area contributed by atoms with Gasteiger partial charge in [0.15, 0.2) is 0 Å². The summed E-state index contributed by atoms with van der Waals surface area (Å²) in [5.74, 6) is 0.695. The summed E-state index contributed by atoms with van der Waals surface area (Å²) in [6, 6.07) is 4.20. The van der Waals surface area contributed by atoms with E-state index < -0.39 is 0 Å². The quantitative estimate of drug-likeness (QED) is 0.876. The van der Waals surface area contributed by atoms with E-state index in [0.717, 1.165) is 24.3 Å². The number of aromatic nitrogens is 3. The molecule has 4 nitrogen and oxygen atoms in total. The van der Waals surface area contributed by atoms with Crippen molar-refractivity contribution in [3.8, 4) is 5.69 Å². The van der Waals surface area contributed by atoms with Gasteiger partial charge in [-0.05, 0) is 31.4 Å². The van der Waals surface area contributed by atoms with Crippen molar-refractivity contribution in [1.82, 2.24) is 14.8 Å². The Kier molecular flexibility index (Phi) is 3.00. The molecule has 3 rings (SSSR count). The maximum Gasteiger partial charge on any atom is 0.0849 e. The standard InChI is InChI=1S/C14H18N4/c1-2-6-16-12-8-13(10-15-9-12)18-7-5-14(17-18)11-3-4-11/h5,7-11,16H,2-4,6H2,1H3. The molecule has 1 aliphatic rings. The van der Waals surface area contributed by atoms with Crippen LogP contribution in [0.4, 0.5) is 5.69 Å². The van der Waals surface area contributed by atoms with Crippen LogP contribution in [0.2, 0.25) is 0 Å². The van der Waals surface area contributed by atoms with Gasteiger partial charge in [-0.1, -0.05) is 6.92 Å². The number of nitrogens with zero attached hydrogens (tertiary/aromatic N) is 3. The topological polar surface area (TPSA) is 42.7 Å². The third kappa shape index (κ3) is 2.37. The number of pyridine rings is 1. The van der Waals surface area contributed by atoms with Crippen molar-refractivity contribution in [2.45, 2.75) is 32.1 Å². The van der Waals surface area contributed by atoms with E-state index in [0.29, 0.717) is 5.92 Å². The maximum absolute atomic E-state index is 4.61. The van der Waals surface area contributed by atoms with Crippen LogP contribution in [0.1, 0.15) is 37.8 Å². The van der Waals surface area contributed by atoms with Gasteiger partial charge in [0, 0.05) is 18.7 Å². The Morgan fingerprint density at radius 1 is 1.39 bits per heavy atom. The Morgan fingerprint density at radius 2 is 2.28 bits per heavy atom. The van der Waals surface area contributed by atoms with E-state index in [-0.39, 0.29) is 0 Å². The van der Waals surface area contributed by atoms with Gasteiger partial charge in [0.1, 0.15) is 0 Å². The van der Waals surface area contributed by atoms with E-state index in [1.54, 1.807) is 0 Å². The first-order valence-electron chi connectivity index (χ1n) is 6.61. The van der Waals surface area contributed by atoms with Crippen LogP contribution in [0.25, 0.3) is 5.69 Å².